The SMILES string of the molecule is CCOC(=O)C(=NOS(=O)(=O)Cc1ccccc1)Sc1ccccc1. The van der Waals surface area contributed by atoms with Gasteiger partial charge in [0, 0.05) is 4.90 Å². The number of benzene rings is 2. The Hall–Kier alpha value is -2.32. The third-order valence-electron chi connectivity index (χ3n) is 2.83. The van der Waals surface area contributed by atoms with Gasteiger partial charge < -0.3 is 4.74 Å². The van der Waals surface area contributed by atoms with Crippen LogP contribution in [0.5, 0.6) is 0 Å². The summed E-state index contributed by atoms with van der Waals surface area (Å²) < 4.78 is 33.7. The first-order valence-electron chi connectivity index (χ1n) is 7.43. The standard InChI is InChI=1S/C17H17NO5S2/c1-2-22-17(19)16(24-15-11-7-4-8-12-15)18-23-25(20,21)13-14-9-5-3-6-10-14/h3-12H,2,13H2,1H3. The van der Waals surface area contributed by atoms with E-state index in [1.807, 2.05) is 6.07 Å². The lowest BCUT2D eigenvalue weighted by Gasteiger charge is -2.06. The number of hydrogen-bond acceptors (Lipinski definition) is 7. The Morgan fingerprint density at radius 3 is 2.24 bits per heavy atom. The summed E-state index contributed by atoms with van der Waals surface area (Å²) in [6.45, 7) is 1.79. The molecule has 0 bridgehead atoms. The van der Waals surface area contributed by atoms with Crippen LogP contribution in [0.3, 0.4) is 0 Å². The van der Waals surface area contributed by atoms with E-state index in [0.717, 1.165) is 11.8 Å². The van der Waals surface area contributed by atoms with Crippen LogP contribution in [0, 0.1) is 0 Å². The van der Waals surface area contributed by atoms with Crippen LogP contribution in [0.15, 0.2) is 70.7 Å². The van der Waals surface area contributed by atoms with Crippen molar-refractivity contribution in [3.8, 4) is 0 Å². The van der Waals surface area contributed by atoms with Gasteiger partial charge in [0.2, 0.25) is 5.04 Å². The molecule has 132 valence electrons. The van der Waals surface area contributed by atoms with Crippen molar-refractivity contribution in [2.75, 3.05) is 6.61 Å². The van der Waals surface area contributed by atoms with Gasteiger partial charge in [-0.25, -0.2) is 4.79 Å². The van der Waals surface area contributed by atoms with Crippen LogP contribution in [-0.4, -0.2) is 26.0 Å². The zero-order valence-electron chi connectivity index (χ0n) is 13.5. The molecule has 8 heteroatoms. The summed E-state index contributed by atoms with van der Waals surface area (Å²) in [6, 6.07) is 17.5. The van der Waals surface area contributed by atoms with Crippen molar-refractivity contribution in [2.45, 2.75) is 17.6 Å². The van der Waals surface area contributed by atoms with Crippen LogP contribution in [0.1, 0.15) is 12.5 Å². The minimum Gasteiger partial charge on any atom is -0.461 e. The number of rotatable bonds is 6. The lowest BCUT2D eigenvalue weighted by molar-refractivity contribution is -0.134. The summed E-state index contributed by atoms with van der Waals surface area (Å²) in [5, 5.41) is 3.33. The molecule has 2 aromatic rings. The third kappa shape index (κ3) is 6.60. The monoisotopic (exact) mass is 379 g/mol. The molecule has 0 heterocycles. The highest BCUT2D eigenvalue weighted by Gasteiger charge is 2.19. The molecule has 0 aliphatic rings. The molecule has 0 amide bonds. The van der Waals surface area contributed by atoms with Crippen molar-refractivity contribution in [2.24, 2.45) is 5.16 Å². The van der Waals surface area contributed by atoms with Gasteiger partial charge in [-0.3, -0.25) is 4.28 Å². The van der Waals surface area contributed by atoms with Crippen molar-refractivity contribution in [1.82, 2.24) is 0 Å². The Kier molecular flexibility index (Phi) is 7.03. The number of carbonyl (C=O) groups excluding carboxylic acids is 1. The maximum atomic E-state index is 12.0. The van der Waals surface area contributed by atoms with Gasteiger partial charge in [0.1, 0.15) is 5.75 Å². The summed E-state index contributed by atoms with van der Waals surface area (Å²) in [5.74, 6) is -1.09. The summed E-state index contributed by atoms with van der Waals surface area (Å²) in [7, 11) is -3.98. The average Bonchev–Trinajstić information content (AvgIpc) is 2.60. The molecule has 0 aliphatic carbocycles. The van der Waals surface area contributed by atoms with E-state index in [-0.39, 0.29) is 17.4 Å². The number of nitrogens with zero attached hydrogens (tertiary/aromatic N) is 1. The molecule has 0 saturated heterocycles. The van der Waals surface area contributed by atoms with Crippen molar-refractivity contribution in [3.63, 3.8) is 0 Å². The Labute approximate surface area is 151 Å². The second kappa shape index (κ2) is 9.24. The van der Waals surface area contributed by atoms with Gasteiger partial charge in [0.25, 0.3) is 0 Å². The fourth-order valence-corrected chi connectivity index (χ4v) is 3.41. The summed E-state index contributed by atoms with van der Waals surface area (Å²) in [4.78, 5) is 12.7. The Morgan fingerprint density at radius 1 is 1.04 bits per heavy atom. The van der Waals surface area contributed by atoms with Gasteiger partial charge in [-0.05, 0) is 24.6 Å². The predicted molar refractivity (Wildman–Crippen MR) is 96.5 cm³/mol. The van der Waals surface area contributed by atoms with Gasteiger partial charge >= 0.3 is 16.1 Å². The maximum Gasteiger partial charge on any atom is 0.367 e. The van der Waals surface area contributed by atoms with E-state index in [9.17, 15) is 13.2 Å². The fourth-order valence-electron chi connectivity index (χ4n) is 1.79. The highest BCUT2D eigenvalue weighted by molar-refractivity contribution is 8.15. The van der Waals surface area contributed by atoms with Crippen molar-refractivity contribution >= 4 is 32.9 Å². The van der Waals surface area contributed by atoms with Gasteiger partial charge in [-0.15, -0.1) is 0 Å². The number of esters is 1. The second-order valence-electron chi connectivity index (χ2n) is 4.79. The highest BCUT2D eigenvalue weighted by atomic mass is 32.2. The quantitative estimate of drug-likeness (QED) is 0.252. The second-order valence-corrected chi connectivity index (χ2v) is 7.41. The molecule has 0 N–H and O–H groups in total. The van der Waals surface area contributed by atoms with Gasteiger partial charge in [0.15, 0.2) is 0 Å². The zero-order valence-corrected chi connectivity index (χ0v) is 15.1. The third-order valence-corrected chi connectivity index (χ3v) is 4.76. The van der Waals surface area contributed by atoms with E-state index in [2.05, 4.69) is 9.44 Å². The Bertz CT molecular complexity index is 821. The Morgan fingerprint density at radius 2 is 1.64 bits per heavy atom. The van der Waals surface area contributed by atoms with E-state index in [4.69, 9.17) is 4.74 Å². The topological polar surface area (TPSA) is 82.0 Å². The van der Waals surface area contributed by atoms with Crippen LogP contribution in [-0.2, 0) is 29.7 Å². The molecule has 0 aromatic heterocycles. The van der Waals surface area contributed by atoms with Crippen LogP contribution in [0.25, 0.3) is 0 Å². The molecule has 0 saturated carbocycles. The fraction of sp³-hybridized carbons (Fsp3) is 0.176. The van der Waals surface area contributed by atoms with Gasteiger partial charge in [-0.2, -0.15) is 8.42 Å². The molecule has 0 aliphatic heterocycles. The van der Waals surface area contributed by atoms with E-state index in [1.165, 1.54) is 0 Å². The lowest BCUT2D eigenvalue weighted by Crippen LogP contribution is -2.16. The number of thioether (sulfide) groups is 1. The molecule has 0 radical (unpaired) electrons. The lowest BCUT2D eigenvalue weighted by atomic mass is 10.2. The molecule has 25 heavy (non-hydrogen) atoms. The van der Waals surface area contributed by atoms with Crippen LogP contribution in [0.2, 0.25) is 0 Å². The average molecular weight is 379 g/mol. The van der Waals surface area contributed by atoms with Crippen LogP contribution in [0.4, 0.5) is 0 Å². The number of oxime groups is 1. The molecule has 2 rings (SSSR count). The first kappa shape index (κ1) is 19.0. The molecule has 0 unspecified atom stereocenters. The minimum absolute atomic E-state index is 0.143. The van der Waals surface area contributed by atoms with Crippen molar-refractivity contribution in [3.05, 3.63) is 66.2 Å². The maximum absolute atomic E-state index is 12.0. The predicted octanol–water partition coefficient (Wildman–Crippen LogP) is 3.20. The number of hydrogen-bond donors (Lipinski definition) is 0. The van der Waals surface area contributed by atoms with E-state index in [0.29, 0.717) is 10.5 Å². The molecule has 6 nitrogen and oxygen atoms in total. The van der Waals surface area contributed by atoms with Gasteiger partial charge in [0.05, 0.1) is 6.61 Å². The first-order valence-corrected chi connectivity index (χ1v) is 9.83. The number of ether oxygens (including phenoxy) is 1. The molecular formula is C17H17NO5S2. The molecular weight excluding hydrogens is 362 g/mol. The van der Waals surface area contributed by atoms with E-state index >= 15 is 0 Å². The van der Waals surface area contributed by atoms with Crippen molar-refractivity contribution in [1.29, 1.82) is 0 Å². The van der Waals surface area contributed by atoms with Crippen molar-refractivity contribution < 1.29 is 22.2 Å². The van der Waals surface area contributed by atoms with Crippen LogP contribution >= 0.6 is 11.8 Å². The molecule has 0 atom stereocenters. The molecule has 2 aromatic carbocycles. The summed E-state index contributed by atoms with van der Waals surface area (Å²) >= 11 is 0.970. The summed E-state index contributed by atoms with van der Waals surface area (Å²) in [5.41, 5.74) is 0.561. The summed E-state index contributed by atoms with van der Waals surface area (Å²) in [6.07, 6.45) is 0. The van der Waals surface area contributed by atoms with E-state index in [1.54, 1.807) is 61.5 Å². The number of carbonyl (C=O) groups is 1. The van der Waals surface area contributed by atoms with E-state index < -0.39 is 16.1 Å². The smallest absolute Gasteiger partial charge is 0.367 e. The first-order chi connectivity index (χ1) is 12.0. The normalized spacial score (nSPS) is 11.8. The molecule has 0 fully saturated rings. The van der Waals surface area contributed by atoms with Gasteiger partial charge in [-0.1, -0.05) is 65.4 Å². The minimum atomic E-state index is -3.98. The molecule has 0 spiro atoms. The Balaban J connectivity index is 2.14. The highest BCUT2D eigenvalue weighted by Crippen LogP contribution is 2.21. The zero-order chi connectivity index (χ0) is 18.1. The largest absolute Gasteiger partial charge is 0.461 e. The van der Waals surface area contributed by atoms with Crippen LogP contribution < -0.4 is 0 Å².